The number of ether oxygens (including phenoxy) is 3. The molecule has 6 heteroatoms. The highest BCUT2D eigenvalue weighted by Crippen LogP contribution is 2.35. The Kier molecular flexibility index (Phi) is 6.55. The van der Waals surface area contributed by atoms with Crippen molar-refractivity contribution in [2.24, 2.45) is 0 Å². The zero-order chi connectivity index (χ0) is 15.8. The third-order valence-electron chi connectivity index (χ3n) is 2.93. The molecule has 21 heavy (non-hydrogen) atoms. The minimum Gasteiger partial charge on any atom is -0.496 e. The maximum atomic E-state index is 10.9. The molecule has 1 aromatic carbocycles. The van der Waals surface area contributed by atoms with E-state index in [1.165, 1.54) is 0 Å². The van der Waals surface area contributed by atoms with Gasteiger partial charge in [0, 0.05) is 24.7 Å². The van der Waals surface area contributed by atoms with Crippen molar-refractivity contribution in [3.63, 3.8) is 0 Å². The van der Waals surface area contributed by atoms with Gasteiger partial charge in [-0.05, 0) is 6.07 Å². The molecule has 0 aliphatic carbocycles. The Morgan fingerprint density at radius 1 is 1.19 bits per heavy atom. The second kappa shape index (κ2) is 8.16. The molecule has 0 unspecified atom stereocenters. The standard InChI is InChI=1S/C15H21NO5/c1-5-6-16(10-15(17)18)9-11-7-13(20-3)14(21-4)8-12(11)19-2/h5,7-8H,1,6,9-10H2,2-4H3,(H,17,18). The minimum absolute atomic E-state index is 0.0798. The van der Waals surface area contributed by atoms with Crippen molar-refractivity contribution in [2.45, 2.75) is 6.54 Å². The lowest BCUT2D eigenvalue weighted by Crippen LogP contribution is -2.29. The molecule has 0 radical (unpaired) electrons. The predicted octanol–water partition coefficient (Wildman–Crippen LogP) is 1.79. The third-order valence-corrected chi connectivity index (χ3v) is 2.93. The molecule has 0 spiro atoms. The summed E-state index contributed by atoms with van der Waals surface area (Å²) < 4.78 is 15.8. The molecule has 0 aliphatic rings. The van der Waals surface area contributed by atoms with E-state index in [4.69, 9.17) is 19.3 Å². The SMILES string of the molecule is C=CCN(CC(=O)O)Cc1cc(OC)c(OC)cc1OC. The maximum absolute atomic E-state index is 10.9. The Morgan fingerprint density at radius 3 is 2.24 bits per heavy atom. The van der Waals surface area contributed by atoms with Crippen molar-refractivity contribution in [3.8, 4) is 17.2 Å². The van der Waals surface area contributed by atoms with Gasteiger partial charge in [0.2, 0.25) is 0 Å². The summed E-state index contributed by atoms with van der Waals surface area (Å²) >= 11 is 0. The smallest absolute Gasteiger partial charge is 0.317 e. The van der Waals surface area contributed by atoms with Gasteiger partial charge < -0.3 is 19.3 Å². The zero-order valence-electron chi connectivity index (χ0n) is 12.6. The quantitative estimate of drug-likeness (QED) is 0.700. The number of aliphatic carboxylic acids is 1. The molecule has 1 N–H and O–H groups in total. The first kappa shape index (κ1) is 16.8. The normalized spacial score (nSPS) is 10.3. The van der Waals surface area contributed by atoms with Crippen molar-refractivity contribution in [3.05, 3.63) is 30.4 Å². The van der Waals surface area contributed by atoms with Gasteiger partial charge in [0.1, 0.15) is 5.75 Å². The van der Waals surface area contributed by atoms with Gasteiger partial charge in [0.05, 0.1) is 27.9 Å². The molecule has 1 aromatic rings. The molecule has 6 nitrogen and oxygen atoms in total. The minimum atomic E-state index is -0.892. The summed E-state index contributed by atoms with van der Waals surface area (Å²) in [5.41, 5.74) is 0.818. The van der Waals surface area contributed by atoms with Gasteiger partial charge in [-0.3, -0.25) is 9.69 Å². The van der Waals surface area contributed by atoms with Crippen LogP contribution in [0, 0.1) is 0 Å². The molecule has 0 aliphatic heterocycles. The van der Waals surface area contributed by atoms with E-state index in [1.54, 1.807) is 44.4 Å². The molecule has 116 valence electrons. The fourth-order valence-electron chi connectivity index (χ4n) is 2.02. The van der Waals surface area contributed by atoms with Crippen molar-refractivity contribution in [1.82, 2.24) is 4.90 Å². The molecule has 0 aromatic heterocycles. The van der Waals surface area contributed by atoms with Gasteiger partial charge in [-0.2, -0.15) is 0 Å². The van der Waals surface area contributed by atoms with Crippen LogP contribution in [0.2, 0.25) is 0 Å². The molecular formula is C15H21NO5. The van der Waals surface area contributed by atoms with Crippen LogP contribution in [-0.4, -0.2) is 50.4 Å². The molecule has 0 atom stereocenters. The van der Waals surface area contributed by atoms with Crippen LogP contribution in [0.15, 0.2) is 24.8 Å². The topological polar surface area (TPSA) is 68.2 Å². The highest BCUT2D eigenvalue weighted by atomic mass is 16.5. The van der Waals surface area contributed by atoms with Gasteiger partial charge in [0.25, 0.3) is 0 Å². The third kappa shape index (κ3) is 4.68. The van der Waals surface area contributed by atoms with E-state index >= 15 is 0 Å². The maximum Gasteiger partial charge on any atom is 0.317 e. The highest BCUT2D eigenvalue weighted by molar-refractivity contribution is 5.69. The summed E-state index contributed by atoms with van der Waals surface area (Å²) in [6.07, 6.45) is 1.66. The number of carbonyl (C=O) groups is 1. The number of benzene rings is 1. The average molecular weight is 295 g/mol. The van der Waals surface area contributed by atoms with Crippen molar-refractivity contribution >= 4 is 5.97 Å². The van der Waals surface area contributed by atoms with E-state index < -0.39 is 5.97 Å². The summed E-state index contributed by atoms with van der Waals surface area (Å²) in [5, 5.41) is 8.95. The van der Waals surface area contributed by atoms with Crippen LogP contribution in [0.5, 0.6) is 17.2 Å². The van der Waals surface area contributed by atoms with Gasteiger partial charge in [-0.15, -0.1) is 6.58 Å². The monoisotopic (exact) mass is 295 g/mol. The fraction of sp³-hybridized carbons (Fsp3) is 0.400. The lowest BCUT2D eigenvalue weighted by Gasteiger charge is -2.21. The van der Waals surface area contributed by atoms with Crippen LogP contribution >= 0.6 is 0 Å². The highest BCUT2D eigenvalue weighted by Gasteiger charge is 2.16. The molecule has 0 amide bonds. The molecular weight excluding hydrogens is 274 g/mol. The van der Waals surface area contributed by atoms with Crippen molar-refractivity contribution < 1.29 is 24.1 Å². The Morgan fingerprint density at radius 2 is 1.76 bits per heavy atom. The molecule has 0 bridgehead atoms. The molecule has 0 saturated carbocycles. The Bertz CT molecular complexity index is 501. The summed E-state index contributed by atoms with van der Waals surface area (Å²) in [5.74, 6) is 0.858. The van der Waals surface area contributed by atoms with Gasteiger partial charge in [-0.25, -0.2) is 0 Å². The van der Waals surface area contributed by atoms with Crippen LogP contribution < -0.4 is 14.2 Å². The average Bonchev–Trinajstić information content (AvgIpc) is 2.46. The number of rotatable bonds is 9. The summed E-state index contributed by atoms with van der Waals surface area (Å²) in [6, 6.07) is 3.51. The second-order valence-corrected chi connectivity index (χ2v) is 4.37. The van der Waals surface area contributed by atoms with Crippen molar-refractivity contribution in [1.29, 1.82) is 0 Å². The van der Waals surface area contributed by atoms with E-state index in [0.29, 0.717) is 30.3 Å². The number of methoxy groups -OCH3 is 3. The Labute approximate surface area is 124 Å². The van der Waals surface area contributed by atoms with Crippen LogP contribution in [0.25, 0.3) is 0 Å². The largest absolute Gasteiger partial charge is 0.496 e. The summed E-state index contributed by atoms with van der Waals surface area (Å²) in [7, 11) is 4.65. The Balaban J connectivity index is 3.08. The van der Waals surface area contributed by atoms with E-state index in [2.05, 4.69) is 6.58 Å². The van der Waals surface area contributed by atoms with Crippen LogP contribution in [-0.2, 0) is 11.3 Å². The van der Waals surface area contributed by atoms with E-state index in [-0.39, 0.29) is 6.54 Å². The molecule has 0 fully saturated rings. The molecule has 0 saturated heterocycles. The first-order valence-electron chi connectivity index (χ1n) is 6.39. The predicted molar refractivity (Wildman–Crippen MR) is 79.2 cm³/mol. The van der Waals surface area contributed by atoms with Crippen LogP contribution in [0.1, 0.15) is 5.56 Å². The van der Waals surface area contributed by atoms with Gasteiger partial charge in [0.15, 0.2) is 11.5 Å². The summed E-state index contributed by atoms with van der Waals surface area (Å²) in [6.45, 7) is 4.43. The van der Waals surface area contributed by atoms with Crippen LogP contribution in [0.4, 0.5) is 0 Å². The lowest BCUT2D eigenvalue weighted by molar-refractivity contribution is -0.138. The first-order valence-corrected chi connectivity index (χ1v) is 6.39. The van der Waals surface area contributed by atoms with Crippen LogP contribution in [0.3, 0.4) is 0 Å². The zero-order valence-corrected chi connectivity index (χ0v) is 12.6. The van der Waals surface area contributed by atoms with Crippen molar-refractivity contribution in [2.75, 3.05) is 34.4 Å². The van der Waals surface area contributed by atoms with E-state index in [9.17, 15) is 4.79 Å². The number of hydrogen-bond donors (Lipinski definition) is 1. The first-order chi connectivity index (χ1) is 10.0. The van der Waals surface area contributed by atoms with Gasteiger partial charge in [-0.1, -0.05) is 6.08 Å². The van der Waals surface area contributed by atoms with E-state index in [1.807, 2.05) is 0 Å². The second-order valence-electron chi connectivity index (χ2n) is 4.37. The Hall–Kier alpha value is -2.21. The number of hydrogen-bond acceptors (Lipinski definition) is 5. The number of nitrogens with zero attached hydrogens (tertiary/aromatic N) is 1. The van der Waals surface area contributed by atoms with E-state index in [0.717, 1.165) is 5.56 Å². The molecule has 1 rings (SSSR count). The fourth-order valence-corrected chi connectivity index (χ4v) is 2.02. The molecule has 0 heterocycles. The van der Waals surface area contributed by atoms with Gasteiger partial charge >= 0.3 is 5.97 Å². The lowest BCUT2D eigenvalue weighted by atomic mass is 10.1. The number of carboxylic acid groups (broad SMARTS) is 1. The number of carboxylic acids is 1. The summed E-state index contributed by atoms with van der Waals surface area (Å²) in [4.78, 5) is 12.6.